The van der Waals surface area contributed by atoms with Crippen LogP contribution in [0, 0.1) is 33.5 Å². The van der Waals surface area contributed by atoms with Gasteiger partial charge in [-0.15, -0.1) is 0 Å². The Kier molecular flexibility index (Phi) is 2.09. The largest absolute Gasteiger partial charge is 0.396 e. The summed E-state index contributed by atoms with van der Waals surface area (Å²) < 4.78 is 13.3. The summed E-state index contributed by atoms with van der Waals surface area (Å²) in [7, 11) is 0. The number of hydrogen-bond acceptors (Lipinski definition) is 1. The molecule has 0 heterocycles. The molecule has 12 heavy (non-hydrogen) atoms. The lowest BCUT2D eigenvalue weighted by molar-refractivity contribution is 0.620. The van der Waals surface area contributed by atoms with Crippen molar-refractivity contribution in [2.45, 2.75) is 27.7 Å². The Morgan fingerprint density at radius 3 is 1.75 bits per heavy atom. The highest BCUT2D eigenvalue weighted by Gasteiger charge is 2.11. The second kappa shape index (κ2) is 2.77. The van der Waals surface area contributed by atoms with Crippen LogP contribution in [0.4, 0.5) is 10.1 Å². The van der Waals surface area contributed by atoms with Crippen LogP contribution in [0.25, 0.3) is 0 Å². The van der Waals surface area contributed by atoms with Gasteiger partial charge in [-0.25, -0.2) is 4.39 Å². The molecule has 1 nitrogen and oxygen atoms in total. The maximum absolute atomic E-state index is 13.3. The quantitative estimate of drug-likeness (QED) is 0.590. The van der Waals surface area contributed by atoms with Gasteiger partial charge in [0.2, 0.25) is 0 Å². The maximum atomic E-state index is 13.3. The Hall–Kier alpha value is -1.05. The van der Waals surface area contributed by atoms with Gasteiger partial charge in [0.15, 0.2) is 0 Å². The number of anilines is 1. The first kappa shape index (κ1) is 9.04. The third-order valence-corrected chi connectivity index (χ3v) is 2.66. The van der Waals surface area contributed by atoms with Crippen molar-refractivity contribution < 1.29 is 4.39 Å². The molecule has 0 atom stereocenters. The molecule has 0 radical (unpaired) electrons. The zero-order valence-electron chi connectivity index (χ0n) is 7.96. The number of nitrogen functional groups attached to an aromatic ring is 1. The Morgan fingerprint density at radius 2 is 1.25 bits per heavy atom. The predicted octanol–water partition coefficient (Wildman–Crippen LogP) is 2.64. The highest BCUT2D eigenvalue weighted by Crippen LogP contribution is 2.26. The second-order valence-electron chi connectivity index (χ2n) is 3.23. The van der Waals surface area contributed by atoms with E-state index in [1.807, 2.05) is 20.8 Å². The van der Waals surface area contributed by atoms with Crippen LogP contribution in [0.5, 0.6) is 0 Å². The Bertz CT molecular complexity index is 224. The van der Waals surface area contributed by atoms with Crippen molar-refractivity contribution in [2.75, 3.05) is 5.73 Å². The molecule has 0 saturated carbocycles. The lowest BCUT2D eigenvalue weighted by Crippen LogP contribution is -2.02. The van der Waals surface area contributed by atoms with Gasteiger partial charge in [-0.05, 0) is 49.9 Å². The van der Waals surface area contributed by atoms with Crippen LogP contribution in [0.1, 0.15) is 22.3 Å². The zero-order valence-corrected chi connectivity index (χ0v) is 7.96. The van der Waals surface area contributed by atoms with E-state index in [2.05, 4.69) is 0 Å². The summed E-state index contributed by atoms with van der Waals surface area (Å²) in [5.41, 5.74) is 9.47. The number of nitrogens with two attached hydrogens (primary N) is 1. The summed E-state index contributed by atoms with van der Waals surface area (Å²) in [6.07, 6.45) is 0. The molecule has 2 heteroatoms. The van der Waals surface area contributed by atoms with Crippen molar-refractivity contribution in [3.63, 3.8) is 0 Å². The van der Waals surface area contributed by atoms with Crippen molar-refractivity contribution >= 4 is 5.69 Å². The van der Waals surface area contributed by atoms with Crippen LogP contribution >= 0.6 is 0 Å². The Balaban J connectivity index is 3.60. The first-order valence-electron chi connectivity index (χ1n) is 3.98. The fourth-order valence-electron chi connectivity index (χ4n) is 1.30. The van der Waals surface area contributed by atoms with Gasteiger partial charge in [-0.2, -0.15) is 0 Å². The standard InChI is InChI=1S/C10H14FN/c1-5-6(2)8(4)10(12)9(11)7(5)3/h12H2,1-4H3. The van der Waals surface area contributed by atoms with E-state index in [1.54, 1.807) is 6.92 Å². The third kappa shape index (κ3) is 1.07. The van der Waals surface area contributed by atoms with Gasteiger partial charge in [0.25, 0.3) is 0 Å². The van der Waals surface area contributed by atoms with E-state index in [1.165, 1.54) is 0 Å². The molecular formula is C10H14FN. The normalized spacial score (nSPS) is 10.4. The van der Waals surface area contributed by atoms with Crippen molar-refractivity contribution in [1.29, 1.82) is 0 Å². The number of rotatable bonds is 0. The van der Waals surface area contributed by atoms with Gasteiger partial charge in [-0.1, -0.05) is 0 Å². The van der Waals surface area contributed by atoms with E-state index in [0.29, 0.717) is 5.56 Å². The second-order valence-corrected chi connectivity index (χ2v) is 3.23. The summed E-state index contributed by atoms with van der Waals surface area (Å²) in [6.45, 7) is 7.49. The highest BCUT2D eigenvalue weighted by molar-refractivity contribution is 5.56. The molecule has 2 N–H and O–H groups in total. The van der Waals surface area contributed by atoms with Crippen LogP contribution in [-0.2, 0) is 0 Å². The molecule has 0 saturated heterocycles. The topological polar surface area (TPSA) is 26.0 Å². The summed E-state index contributed by atoms with van der Waals surface area (Å²) in [4.78, 5) is 0. The van der Waals surface area contributed by atoms with Gasteiger partial charge >= 0.3 is 0 Å². The minimum atomic E-state index is -0.268. The van der Waals surface area contributed by atoms with Gasteiger partial charge < -0.3 is 5.73 Å². The predicted molar refractivity (Wildman–Crippen MR) is 49.8 cm³/mol. The van der Waals surface area contributed by atoms with Crippen molar-refractivity contribution in [3.8, 4) is 0 Å². The molecule has 1 aromatic carbocycles. The minimum Gasteiger partial charge on any atom is -0.396 e. The summed E-state index contributed by atoms with van der Waals surface area (Å²) in [6, 6.07) is 0. The zero-order chi connectivity index (χ0) is 9.46. The van der Waals surface area contributed by atoms with Crippen LogP contribution < -0.4 is 5.73 Å². The minimum absolute atomic E-state index is 0.268. The molecular weight excluding hydrogens is 153 g/mol. The average molecular weight is 167 g/mol. The average Bonchev–Trinajstić information content (AvgIpc) is 2.08. The number of hydrogen-bond donors (Lipinski definition) is 1. The van der Waals surface area contributed by atoms with E-state index < -0.39 is 0 Å². The fraction of sp³-hybridized carbons (Fsp3) is 0.400. The van der Waals surface area contributed by atoms with Gasteiger partial charge in [0.05, 0.1) is 5.69 Å². The molecule has 1 rings (SSSR count). The van der Waals surface area contributed by atoms with E-state index >= 15 is 0 Å². The lowest BCUT2D eigenvalue weighted by Gasteiger charge is -2.12. The lowest BCUT2D eigenvalue weighted by atomic mass is 9.97. The van der Waals surface area contributed by atoms with Gasteiger partial charge in [-0.3, -0.25) is 0 Å². The molecule has 0 amide bonds. The SMILES string of the molecule is Cc1c(C)c(C)c(F)c(N)c1C. The van der Waals surface area contributed by atoms with E-state index in [9.17, 15) is 4.39 Å². The Morgan fingerprint density at radius 1 is 0.833 bits per heavy atom. The van der Waals surface area contributed by atoms with E-state index in [4.69, 9.17) is 5.73 Å². The van der Waals surface area contributed by atoms with E-state index in [0.717, 1.165) is 16.7 Å². The molecule has 0 unspecified atom stereocenters. The van der Waals surface area contributed by atoms with E-state index in [-0.39, 0.29) is 11.5 Å². The number of halogens is 1. The summed E-state index contributed by atoms with van der Waals surface area (Å²) in [5, 5.41) is 0. The maximum Gasteiger partial charge on any atom is 0.149 e. The highest BCUT2D eigenvalue weighted by atomic mass is 19.1. The van der Waals surface area contributed by atoms with Gasteiger partial charge in [0.1, 0.15) is 5.82 Å². The molecule has 0 aliphatic heterocycles. The first-order chi connectivity index (χ1) is 5.46. The van der Waals surface area contributed by atoms with Crippen LogP contribution in [0.15, 0.2) is 0 Å². The molecule has 1 aromatic rings. The van der Waals surface area contributed by atoms with Crippen molar-refractivity contribution in [3.05, 3.63) is 28.1 Å². The molecule has 0 fully saturated rings. The monoisotopic (exact) mass is 167 g/mol. The van der Waals surface area contributed by atoms with Gasteiger partial charge in [0, 0.05) is 0 Å². The first-order valence-corrected chi connectivity index (χ1v) is 3.98. The molecule has 66 valence electrons. The Labute approximate surface area is 72.4 Å². The van der Waals surface area contributed by atoms with Crippen LogP contribution in [-0.4, -0.2) is 0 Å². The number of benzene rings is 1. The molecule has 0 aliphatic carbocycles. The van der Waals surface area contributed by atoms with Crippen molar-refractivity contribution in [1.82, 2.24) is 0 Å². The smallest absolute Gasteiger partial charge is 0.149 e. The molecule has 0 aliphatic rings. The molecule has 0 aromatic heterocycles. The third-order valence-electron chi connectivity index (χ3n) is 2.66. The molecule has 0 bridgehead atoms. The summed E-state index contributed by atoms with van der Waals surface area (Å²) in [5.74, 6) is -0.268. The van der Waals surface area contributed by atoms with Crippen LogP contribution in [0.2, 0.25) is 0 Å². The van der Waals surface area contributed by atoms with Crippen LogP contribution in [0.3, 0.4) is 0 Å². The fourth-order valence-corrected chi connectivity index (χ4v) is 1.30. The summed E-state index contributed by atoms with van der Waals surface area (Å²) >= 11 is 0. The molecule has 0 spiro atoms. The van der Waals surface area contributed by atoms with Crippen molar-refractivity contribution in [2.24, 2.45) is 0 Å².